The predicted octanol–water partition coefficient (Wildman–Crippen LogP) is 3.96. The Balaban J connectivity index is 1.69. The summed E-state index contributed by atoms with van der Waals surface area (Å²) in [7, 11) is -2.51. The van der Waals surface area contributed by atoms with Crippen molar-refractivity contribution in [3.63, 3.8) is 0 Å². The van der Waals surface area contributed by atoms with E-state index in [0.717, 1.165) is 42.6 Å². The summed E-state index contributed by atoms with van der Waals surface area (Å²) in [4.78, 5) is 19.6. The van der Waals surface area contributed by atoms with E-state index in [9.17, 15) is 13.2 Å². The standard InChI is InChI=1S/C23H29N3O3S/c1-3-9-26(10-11-30(28)29)23(27)22-21-17-8-7-16(13-17)20(21)19(14-24-22)25-18-6-4-5-15(2)12-18/h4-6,12,14,16-17,25,30H,3,7-11,13H2,1-2H3. The number of benzene rings is 1. The molecule has 1 saturated carbocycles. The zero-order chi connectivity index (χ0) is 21.3. The Labute approximate surface area is 179 Å². The number of nitrogens with one attached hydrogen (secondary N) is 1. The molecule has 2 aliphatic carbocycles. The predicted molar refractivity (Wildman–Crippen MR) is 119 cm³/mol. The Morgan fingerprint density at radius 3 is 2.67 bits per heavy atom. The second-order valence-corrected chi connectivity index (χ2v) is 9.51. The molecule has 0 radical (unpaired) electrons. The molecule has 160 valence electrons. The Bertz CT molecular complexity index is 1030. The lowest BCUT2D eigenvalue weighted by atomic mass is 9.89. The van der Waals surface area contributed by atoms with Crippen molar-refractivity contribution in [3.05, 3.63) is 52.8 Å². The van der Waals surface area contributed by atoms with Crippen LogP contribution in [0, 0.1) is 6.92 Å². The molecule has 2 aliphatic rings. The number of thiol groups is 1. The SMILES string of the molecule is CCCN(CC[SH](=O)=O)C(=O)c1ncc(Nc2cccc(C)c2)c2c1C1CCC2C1. The maximum Gasteiger partial charge on any atom is 0.272 e. The van der Waals surface area contributed by atoms with E-state index in [1.54, 1.807) is 11.1 Å². The number of fused-ring (bicyclic) bond motifs is 5. The first-order valence-corrected chi connectivity index (χ1v) is 12.1. The smallest absolute Gasteiger partial charge is 0.272 e. The van der Waals surface area contributed by atoms with Gasteiger partial charge >= 0.3 is 0 Å². The summed E-state index contributed by atoms with van der Waals surface area (Å²) < 4.78 is 22.2. The van der Waals surface area contributed by atoms with E-state index in [1.165, 1.54) is 11.1 Å². The van der Waals surface area contributed by atoms with Crippen LogP contribution in [0.25, 0.3) is 0 Å². The number of aryl methyl sites for hydroxylation is 1. The van der Waals surface area contributed by atoms with Gasteiger partial charge in [0.05, 0.1) is 17.6 Å². The lowest BCUT2D eigenvalue weighted by molar-refractivity contribution is 0.0758. The number of carbonyl (C=O) groups excluding carboxylic acids is 1. The first kappa shape index (κ1) is 20.8. The summed E-state index contributed by atoms with van der Waals surface area (Å²) in [6.45, 7) is 4.82. The van der Waals surface area contributed by atoms with Crippen molar-refractivity contribution in [2.24, 2.45) is 0 Å². The van der Waals surface area contributed by atoms with Crippen molar-refractivity contribution in [1.82, 2.24) is 9.88 Å². The van der Waals surface area contributed by atoms with E-state index >= 15 is 0 Å². The largest absolute Gasteiger partial charge is 0.354 e. The van der Waals surface area contributed by atoms with Crippen LogP contribution in [0.3, 0.4) is 0 Å². The van der Waals surface area contributed by atoms with E-state index in [1.807, 2.05) is 19.1 Å². The Hall–Kier alpha value is -2.41. The Kier molecular flexibility index (Phi) is 6.09. The average molecular weight is 428 g/mol. The first-order chi connectivity index (χ1) is 14.5. The van der Waals surface area contributed by atoms with Crippen LogP contribution in [0.5, 0.6) is 0 Å². The normalized spacial score (nSPS) is 19.2. The third kappa shape index (κ3) is 4.08. The summed E-state index contributed by atoms with van der Waals surface area (Å²) >= 11 is 0. The van der Waals surface area contributed by atoms with Gasteiger partial charge in [-0.25, -0.2) is 13.4 Å². The van der Waals surface area contributed by atoms with Gasteiger partial charge in [0.25, 0.3) is 5.91 Å². The summed E-state index contributed by atoms with van der Waals surface area (Å²) in [5, 5.41) is 3.52. The summed E-state index contributed by atoms with van der Waals surface area (Å²) in [6.07, 6.45) is 5.88. The van der Waals surface area contributed by atoms with Crippen LogP contribution in [0.15, 0.2) is 30.5 Å². The van der Waals surface area contributed by atoms with Gasteiger partial charge in [-0.3, -0.25) is 4.79 Å². The van der Waals surface area contributed by atoms with Crippen molar-refractivity contribution < 1.29 is 13.2 Å². The molecular weight excluding hydrogens is 398 g/mol. The number of hydrogen-bond donors (Lipinski definition) is 2. The van der Waals surface area contributed by atoms with E-state index < -0.39 is 10.7 Å². The zero-order valence-corrected chi connectivity index (χ0v) is 18.5. The van der Waals surface area contributed by atoms with Gasteiger partial charge in [0.2, 0.25) is 0 Å². The van der Waals surface area contributed by atoms with Crippen LogP contribution in [-0.4, -0.2) is 43.1 Å². The van der Waals surface area contributed by atoms with Gasteiger partial charge in [-0.05, 0) is 73.3 Å². The number of carbonyl (C=O) groups is 1. The van der Waals surface area contributed by atoms with Crippen molar-refractivity contribution in [2.45, 2.75) is 51.4 Å². The highest BCUT2D eigenvalue weighted by Crippen LogP contribution is 2.56. The van der Waals surface area contributed by atoms with Crippen LogP contribution in [0.2, 0.25) is 0 Å². The molecule has 0 spiro atoms. The molecule has 30 heavy (non-hydrogen) atoms. The molecule has 2 unspecified atom stereocenters. The number of nitrogens with zero attached hydrogens (tertiary/aromatic N) is 2. The van der Waals surface area contributed by atoms with E-state index in [4.69, 9.17) is 0 Å². The second-order valence-electron chi connectivity index (χ2n) is 8.40. The minimum Gasteiger partial charge on any atom is -0.354 e. The molecule has 0 aliphatic heterocycles. The van der Waals surface area contributed by atoms with Crippen LogP contribution in [0.4, 0.5) is 11.4 Å². The molecule has 2 bridgehead atoms. The maximum absolute atomic E-state index is 13.3. The highest BCUT2D eigenvalue weighted by atomic mass is 32.2. The number of hydrogen-bond acceptors (Lipinski definition) is 5. The van der Waals surface area contributed by atoms with Gasteiger partial charge in [-0.1, -0.05) is 19.1 Å². The maximum atomic E-state index is 13.3. The van der Waals surface area contributed by atoms with Crippen molar-refractivity contribution in [3.8, 4) is 0 Å². The average Bonchev–Trinajstić information content (AvgIpc) is 3.33. The molecule has 1 aromatic heterocycles. The second kappa shape index (κ2) is 8.76. The first-order valence-electron chi connectivity index (χ1n) is 10.8. The highest BCUT2D eigenvalue weighted by molar-refractivity contribution is 7.72. The summed E-state index contributed by atoms with van der Waals surface area (Å²) in [5.74, 6) is 0.681. The fourth-order valence-electron chi connectivity index (χ4n) is 4.99. The van der Waals surface area contributed by atoms with Crippen molar-refractivity contribution in [2.75, 3.05) is 24.2 Å². The number of aromatic nitrogens is 1. The molecule has 1 N–H and O–H groups in total. The fraction of sp³-hybridized carbons (Fsp3) is 0.478. The summed E-state index contributed by atoms with van der Waals surface area (Å²) in [6, 6.07) is 8.24. The Morgan fingerprint density at radius 1 is 1.20 bits per heavy atom. The molecule has 1 fully saturated rings. The molecule has 4 rings (SSSR count). The molecule has 2 aromatic rings. The molecule has 1 aromatic carbocycles. The monoisotopic (exact) mass is 427 g/mol. The zero-order valence-electron chi connectivity index (χ0n) is 17.6. The number of rotatable bonds is 8. The lowest BCUT2D eigenvalue weighted by Crippen LogP contribution is -2.36. The van der Waals surface area contributed by atoms with E-state index in [-0.39, 0.29) is 18.2 Å². The molecular formula is C23H29N3O3S. The third-order valence-electron chi connectivity index (χ3n) is 6.24. The van der Waals surface area contributed by atoms with Crippen molar-refractivity contribution >= 4 is 28.0 Å². The summed E-state index contributed by atoms with van der Waals surface area (Å²) in [5.41, 5.74) is 6.03. The van der Waals surface area contributed by atoms with E-state index in [0.29, 0.717) is 24.1 Å². The third-order valence-corrected chi connectivity index (χ3v) is 6.81. The molecule has 0 saturated heterocycles. The van der Waals surface area contributed by atoms with Gasteiger partial charge in [0.15, 0.2) is 0 Å². The number of amides is 1. The molecule has 1 amide bonds. The number of pyridine rings is 1. The van der Waals surface area contributed by atoms with Crippen LogP contribution in [0.1, 0.15) is 71.6 Å². The van der Waals surface area contributed by atoms with E-state index in [2.05, 4.69) is 29.4 Å². The topological polar surface area (TPSA) is 79.4 Å². The van der Waals surface area contributed by atoms with Crippen molar-refractivity contribution in [1.29, 1.82) is 0 Å². The van der Waals surface area contributed by atoms with Gasteiger partial charge in [-0.15, -0.1) is 0 Å². The minimum absolute atomic E-state index is 0.0116. The molecule has 7 heteroatoms. The van der Waals surface area contributed by atoms with Gasteiger partial charge in [-0.2, -0.15) is 0 Å². The molecule has 1 heterocycles. The van der Waals surface area contributed by atoms with Gasteiger partial charge in [0.1, 0.15) is 16.4 Å². The Morgan fingerprint density at radius 2 is 1.97 bits per heavy atom. The fourth-order valence-corrected chi connectivity index (χ4v) is 5.39. The molecule has 6 nitrogen and oxygen atoms in total. The quantitative estimate of drug-likeness (QED) is 0.624. The highest BCUT2D eigenvalue weighted by Gasteiger charge is 2.42. The van der Waals surface area contributed by atoms with Gasteiger partial charge < -0.3 is 10.2 Å². The lowest BCUT2D eigenvalue weighted by Gasteiger charge is -2.26. The van der Waals surface area contributed by atoms with Crippen LogP contribution in [-0.2, 0) is 10.7 Å². The van der Waals surface area contributed by atoms with Crippen LogP contribution < -0.4 is 5.32 Å². The number of anilines is 2. The minimum atomic E-state index is -2.51. The van der Waals surface area contributed by atoms with Crippen LogP contribution >= 0.6 is 0 Å². The van der Waals surface area contributed by atoms with Gasteiger partial charge in [0, 0.05) is 18.8 Å². The molecule has 2 atom stereocenters.